The number of fused-ring (bicyclic) bond motifs is 1. The number of amides is 2. The van der Waals surface area contributed by atoms with Crippen molar-refractivity contribution >= 4 is 29.0 Å². The van der Waals surface area contributed by atoms with Crippen LogP contribution in [0.5, 0.6) is 0 Å². The Hall–Kier alpha value is -2.90. The first-order valence-corrected chi connectivity index (χ1v) is 7.48. The quantitative estimate of drug-likeness (QED) is 0.679. The Bertz CT molecular complexity index is 896. The Morgan fingerprint density at radius 3 is 2.92 bits per heavy atom. The molecule has 1 aliphatic heterocycles. The van der Waals surface area contributed by atoms with Gasteiger partial charge in [-0.1, -0.05) is 0 Å². The van der Waals surface area contributed by atoms with Gasteiger partial charge in [-0.3, -0.25) is 19.5 Å². The largest absolute Gasteiger partial charge is 0.501 e. The van der Waals surface area contributed by atoms with Gasteiger partial charge in [-0.25, -0.2) is 9.18 Å². The molecule has 2 amide bonds. The summed E-state index contributed by atoms with van der Waals surface area (Å²) in [5, 5.41) is 2.15. The van der Waals surface area contributed by atoms with E-state index in [4.69, 9.17) is 9.15 Å². The second-order valence-electron chi connectivity index (χ2n) is 5.28. The van der Waals surface area contributed by atoms with E-state index >= 15 is 0 Å². The number of benzene rings is 1. The maximum atomic E-state index is 14.3. The first kappa shape index (κ1) is 16.0. The molecule has 7 nitrogen and oxygen atoms in total. The van der Waals surface area contributed by atoms with Crippen molar-refractivity contribution in [3.05, 3.63) is 40.3 Å². The number of imide groups is 1. The fourth-order valence-electron chi connectivity index (χ4n) is 2.68. The van der Waals surface area contributed by atoms with Crippen molar-refractivity contribution < 1.29 is 23.1 Å². The summed E-state index contributed by atoms with van der Waals surface area (Å²) in [6, 6.07) is 1.65. The number of halogens is 1. The van der Waals surface area contributed by atoms with E-state index in [0.717, 1.165) is 4.57 Å². The summed E-state index contributed by atoms with van der Waals surface area (Å²) in [5.41, 5.74) is 0.372. The molecule has 8 heteroatoms. The van der Waals surface area contributed by atoms with Gasteiger partial charge in [0.05, 0.1) is 12.9 Å². The standard InChI is InChI=1S/C16H15FN2O5/c1-2-23-8-7-9-3-4-10(17)13-14(9)24-16(22)19(13)11-5-6-12(20)18-15(11)21/h3-4,7-8,11H,2,5-6H2,1H3,(H,18,20,21)/b8-7+. The van der Waals surface area contributed by atoms with Crippen molar-refractivity contribution in [1.29, 1.82) is 0 Å². The van der Waals surface area contributed by atoms with Crippen molar-refractivity contribution in [3.8, 4) is 0 Å². The zero-order valence-corrected chi connectivity index (χ0v) is 12.9. The maximum Gasteiger partial charge on any atom is 0.420 e. The Kier molecular flexibility index (Phi) is 4.20. The summed E-state index contributed by atoms with van der Waals surface area (Å²) in [6.45, 7) is 2.27. The normalized spacial score (nSPS) is 18.3. The number of hydrogen-bond acceptors (Lipinski definition) is 5. The molecule has 0 bridgehead atoms. The van der Waals surface area contributed by atoms with E-state index in [9.17, 15) is 18.8 Å². The van der Waals surface area contributed by atoms with E-state index in [-0.39, 0.29) is 23.9 Å². The number of hydrogen-bond donors (Lipinski definition) is 1. The molecule has 3 rings (SSSR count). The van der Waals surface area contributed by atoms with Crippen molar-refractivity contribution in [2.75, 3.05) is 6.61 Å². The molecule has 1 atom stereocenters. The van der Waals surface area contributed by atoms with Gasteiger partial charge >= 0.3 is 5.76 Å². The molecule has 2 aromatic rings. The lowest BCUT2D eigenvalue weighted by molar-refractivity contribution is -0.135. The smallest absolute Gasteiger partial charge is 0.420 e. The number of carbonyl (C=O) groups is 2. The first-order chi connectivity index (χ1) is 11.5. The van der Waals surface area contributed by atoms with Gasteiger partial charge in [0.15, 0.2) is 11.4 Å². The lowest BCUT2D eigenvalue weighted by Gasteiger charge is -2.21. The van der Waals surface area contributed by atoms with Gasteiger partial charge in [0.2, 0.25) is 11.8 Å². The molecule has 1 fully saturated rings. The fraction of sp³-hybridized carbons (Fsp3) is 0.312. The lowest BCUT2D eigenvalue weighted by Crippen LogP contribution is -2.43. The SMILES string of the molecule is CCO/C=C/c1ccc(F)c2c1oc(=O)n2C1CCC(=O)NC1=O. The topological polar surface area (TPSA) is 90.5 Å². The predicted molar refractivity (Wildman–Crippen MR) is 82.5 cm³/mol. The first-order valence-electron chi connectivity index (χ1n) is 7.48. The van der Waals surface area contributed by atoms with Gasteiger partial charge < -0.3 is 9.15 Å². The molecule has 0 spiro atoms. The third-order valence-corrected chi connectivity index (χ3v) is 3.77. The highest BCUT2D eigenvalue weighted by Gasteiger charge is 2.32. The number of ether oxygens (including phenoxy) is 1. The summed E-state index contributed by atoms with van der Waals surface area (Å²) in [7, 11) is 0. The summed E-state index contributed by atoms with van der Waals surface area (Å²) < 4.78 is 25.5. The molecule has 2 heterocycles. The molecule has 0 aliphatic carbocycles. The van der Waals surface area contributed by atoms with Crippen LogP contribution in [0, 0.1) is 5.82 Å². The summed E-state index contributed by atoms with van der Waals surface area (Å²) >= 11 is 0. The van der Waals surface area contributed by atoms with Crippen LogP contribution < -0.4 is 11.1 Å². The molecule has 1 aliphatic rings. The molecule has 0 radical (unpaired) electrons. The van der Waals surface area contributed by atoms with Crippen LogP contribution in [0.15, 0.2) is 27.6 Å². The zero-order chi connectivity index (χ0) is 17.3. The van der Waals surface area contributed by atoms with Crippen molar-refractivity contribution in [2.24, 2.45) is 0 Å². The van der Waals surface area contributed by atoms with E-state index in [0.29, 0.717) is 12.2 Å². The highest BCUT2D eigenvalue weighted by molar-refractivity contribution is 6.00. The van der Waals surface area contributed by atoms with E-state index in [1.54, 1.807) is 6.08 Å². The maximum absolute atomic E-state index is 14.3. The van der Waals surface area contributed by atoms with E-state index in [2.05, 4.69) is 5.32 Å². The summed E-state index contributed by atoms with van der Waals surface area (Å²) in [4.78, 5) is 35.5. The van der Waals surface area contributed by atoms with Gasteiger partial charge in [0.1, 0.15) is 11.6 Å². The van der Waals surface area contributed by atoms with Crippen LogP contribution in [0.4, 0.5) is 4.39 Å². The highest BCUT2D eigenvalue weighted by Crippen LogP contribution is 2.27. The van der Waals surface area contributed by atoms with Crippen LogP contribution >= 0.6 is 0 Å². The van der Waals surface area contributed by atoms with Crippen LogP contribution in [-0.2, 0) is 14.3 Å². The lowest BCUT2D eigenvalue weighted by atomic mass is 10.1. The molecule has 1 unspecified atom stereocenters. The summed E-state index contributed by atoms with van der Waals surface area (Å²) in [6.07, 6.45) is 3.14. The molecule has 0 saturated carbocycles. The van der Waals surface area contributed by atoms with Crippen LogP contribution in [-0.4, -0.2) is 23.0 Å². The molecule has 1 saturated heterocycles. The van der Waals surface area contributed by atoms with Crippen molar-refractivity contribution in [1.82, 2.24) is 9.88 Å². The van der Waals surface area contributed by atoms with Gasteiger partial charge in [-0.15, -0.1) is 0 Å². The van der Waals surface area contributed by atoms with Crippen LogP contribution in [0.1, 0.15) is 31.4 Å². The number of aromatic nitrogens is 1. The molecule has 1 aromatic carbocycles. The Labute approximate surface area is 135 Å². The van der Waals surface area contributed by atoms with Crippen LogP contribution in [0.2, 0.25) is 0 Å². The van der Waals surface area contributed by atoms with Crippen molar-refractivity contribution in [3.63, 3.8) is 0 Å². The Morgan fingerprint density at radius 1 is 1.42 bits per heavy atom. The Morgan fingerprint density at radius 2 is 2.21 bits per heavy atom. The van der Waals surface area contributed by atoms with Crippen LogP contribution in [0.3, 0.4) is 0 Å². The highest BCUT2D eigenvalue weighted by atomic mass is 19.1. The van der Waals surface area contributed by atoms with Gasteiger partial charge in [-0.05, 0) is 31.6 Å². The summed E-state index contributed by atoms with van der Waals surface area (Å²) in [5.74, 6) is -2.60. The predicted octanol–water partition coefficient (Wildman–Crippen LogP) is 1.72. The number of oxazole rings is 1. The monoisotopic (exact) mass is 334 g/mol. The van der Waals surface area contributed by atoms with Gasteiger partial charge in [0, 0.05) is 12.0 Å². The van der Waals surface area contributed by atoms with Crippen LogP contribution in [0.25, 0.3) is 17.2 Å². The molecule has 1 N–H and O–H groups in total. The van der Waals surface area contributed by atoms with Gasteiger partial charge in [0.25, 0.3) is 0 Å². The number of rotatable bonds is 4. The van der Waals surface area contributed by atoms with Gasteiger partial charge in [-0.2, -0.15) is 0 Å². The average Bonchev–Trinajstić information content (AvgIpc) is 2.88. The minimum atomic E-state index is -0.989. The third kappa shape index (κ3) is 2.70. The van der Waals surface area contributed by atoms with Crippen molar-refractivity contribution in [2.45, 2.75) is 25.8 Å². The zero-order valence-electron chi connectivity index (χ0n) is 12.9. The van der Waals surface area contributed by atoms with E-state index < -0.39 is 29.4 Å². The number of nitrogens with one attached hydrogen (secondary N) is 1. The number of nitrogens with zero attached hydrogens (tertiary/aromatic N) is 1. The Balaban J connectivity index is 2.14. The number of carbonyl (C=O) groups excluding carboxylic acids is 2. The third-order valence-electron chi connectivity index (χ3n) is 3.77. The average molecular weight is 334 g/mol. The van der Waals surface area contributed by atoms with E-state index in [1.807, 2.05) is 6.92 Å². The molecule has 126 valence electrons. The molecular formula is C16H15FN2O5. The number of piperidine rings is 1. The fourth-order valence-corrected chi connectivity index (χ4v) is 2.68. The minimum absolute atomic E-state index is 0.0284. The molecular weight excluding hydrogens is 319 g/mol. The molecule has 1 aromatic heterocycles. The molecule has 24 heavy (non-hydrogen) atoms. The minimum Gasteiger partial charge on any atom is -0.501 e. The van der Waals surface area contributed by atoms with E-state index in [1.165, 1.54) is 18.4 Å². The second kappa shape index (κ2) is 6.31. The second-order valence-corrected chi connectivity index (χ2v) is 5.28.